The summed E-state index contributed by atoms with van der Waals surface area (Å²) in [6, 6.07) is 3.42. The molecule has 18 heavy (non-hydrogen) atoms. The molecule has 0 aliphatic heterocycles. The number of nitrogens with zero attached hydrogens (tertiary/aromatic N) is 4. The minimum Gasteiger partial charge on any atom is -0.354 e. The second-order valence-electron chi connectivity index (χ2n) is 3.46. The van der Waals surface area contributed by atoms with Crippen LogP contribution in [0.5, 0.6) is 0 Å². The van der Waals surface area contributed by atoms with Gasteiger partial charge < -0.3 is 5.32 Å². The van der Waals surface area contributed by atoms with Crippen molar-refractivity contribution in [3.8, 4) is 11.3 Å². The van der Waals surface area contributed by atoms with Gasteiger partial charge in [0.15, 0.2) is 5.69 Å². The maximum absolute atomic E-state index is 10.9. The lowest BCUT2D eigenvalue weighted by Gasteiger charge is -2.05. The third-order valence-electron chi connectivity index (χ3n) is 2.24. The van der Waals surface area contributed by atoms with Gasteiger partial charge in [-0.05, 0) is 19.1 Å². The minimum atomic E-state index is -0.502. The third kappa shape index (κ3) is 2.40. The van der Waals surface area contributed by atoms with E-state index in [1.807, 2.05) is 6.92 Å². The molecule has 0 aliphatic carbocycles. The van der Waals surface area contributed by atoms with Crippen LogP contribution >= 0.6 is 0 Å². The Balaban J connectivity index is 2.54. The van der Waals surface area contributed by atoms with Crippen molar-refractivity contribution in [2.24, 2.45) is 0 Å². The number of nitrogens with one attached hydrogen (secondary N) is 1. The van der Waals surface area contributed by atoms with Crippen LogP contribution in [0.2, 0.25) is 0 Å². The highest BCUT2D eigenvalue weighted by Gasteiger charge is 2.18. The van der Waals surface area contributed by atoms with E-state index in [0.29, 0.717) is 18.1 Å². The van der Waals surface area contributed by atoms with Crippen LogP contribution in [0, 0.1) is 10.1 Å². The first-order valence-corrected chi connectivity index (χ1v) is 5.38. The van der Waals surface area contributed by atoms with E-state index in [2.05, 4.69) is 20.3 Å². The summed E-state index contributed by atoms with van der Waals surface area (Å²) in [6.45, 7) is 2.54. The van der Waals surface area contributed by atoms with Gasteiger partial charge in [-0.15, -0.1) is 0 Å². The summed E-state index contributed by atoms with van der Waals surface area (Å²) in [5, 5.41) is 13.9. The molecule has 0 radical (unpaired) electrons. The van der Waals surface area contributed by atoms with Gasteiger partial charge in [-0.3, -0.25) is 15.1 Å². The molecule has 0 amide bonds. The topological polar surface area (TPSA) is 93.8 Å². The van der Waals surface area contributed by atoms with Crippen molar-refractivity contribution < 1.29 is 4.92 Å². The minimum absolute atomic E-state index is 0.135. The molecule has 0 spiro atoms. The van der Waals surface area contributed by atoms with Gasteiger partial charge >= 0.3 is 5.69 Å². The van der Waals surface area contributed by atoms with Crippen molar-refractivity contribution in [3.63, 3.8) is 0 Å². The van der Waals surface area contributed by atoms with E-state index in [1.165, 1.54) is 12.4 Å². The molecule has 1 N–H and O–H groups in total. The Morgan fingerprint density at radius 3 is 2.89 bits per heavy atom. The van der Waals surface area contributed by atoms with E-state index in [4.69, 9.17) is 0 Å². The lowest BCUT2D eigenvalue weighted by Crippen LogP contribution is -2.04. The standard InChI is InChI=1S/C11H11N5O2/c1-2-13-11-14-7-9(16(17)18)10(15-11)8-4-3-5-12-6-8/h3-7H,2H2,1H3,(H,13,14,15). The molecule has 0 aromatic carbocycles. The summed E-state index contributed by atoms with van der Waals surface area (Å²) < 4.78 is 0. The zero-order chi connectivity index (χ0) is 13.0. The van der Waals surface area contributed by atoms with Crippen LogP contribution in [0.25, 0.3) is 11.3 Å². The van der Waals surface area contributed by atoms with Gasteiger partial charge in [0, 0.05) is 24.5 Å². The smallest absolute Gasteiger partial charge is 0.313 e. The molecule has 0 unspecified atom stereocenters. The third-order valence-corrected chi connectivity index (χ3v) is 2.24. The lowest BCUT2D eigenvalue weighted by molar-refractivity contribution is -0.384. The molecule has 0 aliphatic rings. The largest absolute Gasteiger partial charge is 0.354 e. The van der Waals surface area contributed by atoms with E-state index in [1.54, 1.807) is 18.3 Å². The molecule has 7 nitrogen and oxygen atoms in total. The Bertz CT molecular complexity index is 559. The summed E-state index contributed by atoms with van der Waals surface area (Å²) >= 11 is 0. The lowest BCUT2D eigenvalue weighted by atomic mass is 10.2. The monoisotopic (exact) mass is 245 g/mol. The highest BCUT2D eigenvalue weighted by molar-refractivity contribution is 5.69. The molecule has 0 fully saturated rings. The van der Waals surface area contributed by atoms with Gasteiger partial charge in [-0.25, -0.2) is 9.97 Å². The maximum Gasteiger partial charge on any atom is 0.313 e. The van der Waals surface area contributed by atoms with Crippen LogP contribution in [-0.2, 0) is 0 Å². The Morgan fingerprint density at radius 2 is 2.28 bits per heavy atom. The first kappa shape index (κ1) is 11.9. The first-order chi connectivity index (χ1) is 8.72. The molecule has 0 saturated carbocycles. The summed E-state index contributed by atoms with van der Waals surface area (Å²) in [6.07, 6.45) is 4.33. The maximum atomic E-state index is 10.9. The number of rotatable bonds is 4. The van der Waals surface area contributed by atoms with Gasteiger partial charge in [0.2, 0.25) is 5.95 Å². The molecule has 7 heteroatoms. The van der Waals surface area contributed by atoms with E-state index in [-0.39, 0.29) is 11.4 Å². The Hall–Kier alpha value is -2.57. The summed E-state index contributed by atoms with van der Waals surface area (Å²) in [5.41, 5.74) is 0.717. The van der Waals surface area contributed by atoms with Crippen LogP contribution < -0.4 is 5.32 Å². The quantitative estimate of drug-likeness (QED) is 0.652. The molecule has 0 bridgehead atoms. The van der Waals surface area contributed by atoms with Crippen molar-refractivity contribution in [3.05, 3.63) is 40.8 Å². The highest BCUT2D eigenvalue weighted by atomic mass is 16.6. The highest BCUT2D eigenvalue weighted by Crippen LogP contribution is 2.27. The molecular formula is C11H11N5O2. The van der Waals surface area contributed by atoms with Crippen molar-refractivity contribution in [2.75, 3.05) is 11.9 Å². The average Bonchev–Trinajstić information content (AvgIpc) is 2.40. The SMILES string of the molecule is CCNc1ncc([N+](=O)[O-])c(-c2cccnc2)n1. The van der Waals surface area contributed by atoms with Crippen molar-refractivity contribution in [1.29, 1.82) is 0 Å². The predicted octanol–water partition coefficient (Wildman–Crippen LogP) is 1.88. The fourth-order valence-electron chi connectivity index (χ4n) is 1.47. The zero-order valence-corrected chi connectivity index (χ0v) is 9.70. The second kappa shape index (κ2) is 5.17. The summed E-state index contributed by atoms with van der Waals surface area (Å²) in [4.78, 5) is 22.4. The number of pyridine rings is 1. The number of anilines is 1. The fourth-order valence-corrected chi connectivity index (χ4v) is 1.47. The fraction of sp³-hybridized carbons (Fsp3) is 0.182. The zero-order valence-electron chi connectivity index (χ0n) is 9.70. The molecule has 0 atom stereocenters. The second-order valence-corrected chi connectivity index (χ2v) is 3.46. The Morgan fingerprint density at radius 1 is 1.44 bits per heavy atom. The molecule has 0 saturated heterocycles. The van der Waals surface area contributed by atoms with Gasteiger partial charge in [0.25, 0.3) is 0 Å². The van der Waals surface area contributed by atoms with Gasteiger partial charge in [-0.1, -0.05) is 0 Å². The van der Waals surface area contributed by atoms with Crippen LogP contribution in [0.15, 0.2) is 30.7 Å². The molecule has 2 heterocycles. The van der Waals surface area contributed by atoms with Gasteiger partial charge in [0.1, 0.15) is 6.20 Å². The van der Waals surface area contributed by atoms with Gasteiger partial charge in [-0.2, -0.15) is 0 Å². The number of hydrogen-bond donors (Lipinski definition) is 1. The van der Waals surface area contributed by atoms with E-state index >= 15 is 0 Å². The van der Waals surface area contributed by atoms with E-state index in [9.17, 15) is 10.1 Å². The summed E-state index contributed by atoms with van der Waals surface area (Å²) in [5.74, 6) is 0.363. The van der Waals surface area contributed by atoms with Crippen molar-refractivity contribution >= 4 is 11.6 Å². The first-order valence-electron chi connectivity index (χ1n) is 5.38. The summed E-state index contributed by atoms with van der Waals surface area (Å²) in [7, 11) is 0. The van der Waals surface area contributed by atoms with Crippen molar-refractivity contribution in [1.82, 2.24) is 15.0 Å². The van der Waals surface area contributed by atoms with E-state index < -0.39 is 4.92 Å². The normalized spacial score (nSPS) is 10.1. The van der Waals surface area contributed by atoms with Crippen LogP contribution in [-0.4, -0.2) is 26.4 Å². The van der Waals surface area contributed by atoms with Crippen LogP contribution in [0.4, 0.5) is 11.6 Å². The molecular weight excluding hydrogens is 234 g/mol. The van der Waals surface area contributed by atoms with Crippen LogP contribution in [0.1, 0.15) is 6.92 Å². The van der Waals surface area contributed by atoms with E-state index in [0.717, 1.165) is 0 Å². The van der Waals surface area contributed by atoms with Crippen LogP contribution in [0.3, 0.4) is 0 Å². The molecule has 92 valence electrons. The number of hydrogen-bond acceptors (Lipinski definition) is 6. The Labute approximate surface area is 103 Å². The molecule has 2 aromatic heterocycles. The molecule has 2 aromatic rings. The average molecular weight is 245 g/mol. The predicted molar refractivity (Wildman–Crippen MR) is 66.1 cm³/mol. The molecule has 2 rings (SSSR count). The van der Waals surface area contributed by atoms with Gasteiger partial charge in [0.05, 0.1) is 4.92 Å². The number of aromatic nitrogens is 3. The van der Waals surface area contributed by atoms with Crippen molar-refractivity contribution in [2.45, 2.75) is 6.92 Å². The Kier molecular flexibility index (Phi) is 3.42. The number of nitro groups is 1.